The number of benzene rings is 2. The second-order valence-corrected chi connectivity index (χ2v) is 6.21. The van der Waals surface area contributed by atoms with E-state index >= 15 is 0 Å². The molecule has 3 heteroatoms. The first-order valence-corrected chi connectivity index (χ1v) is 8.06. The summed E-state index contributed by atoms with van der Waals surface area (Å²) in [6, 6.07) is 6.17. The van der Waals surface area contributed by atoms with Gasteiger partial charge in [0.05, 0.1) is 13.2 Å². The van der Waals surface area contributed by atoms with Crippen LogP contribution >= 0.6 is 0 Å². The Labute approximate surface area is 138 Å². The van der Waals surface area contributed by atoms with E-state index in [-0.39, 0.29) is 19.0 Å². The van der Waals surface area contributed by atoms with Gasteiger partial charge in [-0.15, -0.1) is 0 Å². The summed E-state index contributed by atoms with van der Waals surface area (Å²) < 4.78 is 0. The number of aromatic hydroxyl groups is 1. The molecule has 3 nitrogen and oxygen atoms in total. The van der Waals surface area contributed by atoms with Crippen LogP contribution in [0.4, 0.5) is 0 Å². The van der Waals surface area contributed by atoms with E-state index in [0.29, 0.717) is 5.56 Å². The van der Waals surface area contributed by atoms with E-state index in [2.05, 4.69) is 6.07 Å². The van der Waals surface area contributed by atoms with Crippen molar-refractivity contribution in [1.29, 1.82) is 0 Å². The van der Waals surface area contributed by atoms with Crippen molar-refractivity contribution in [3.63, 3.8) is 0 Å². The standard InChI is InChI=1S/C20H26O3/c1-5-18-16(8-13(3)20(23)19(18)11-22)9-15-6-12(2)7-17(10-21)14(15)4/h6-8,21-23H,5,9-11H2,1-4H3. The van der Waals surface area contributed by atoms with Gasteiger partial charge in [-0.25, -0.2) is 0 Å². The zero-order chi connectivity index (χ0) is 17.1. The van der Waals surface area contributed by atoms with Crippen LogP contribution in [0.5, 0.6) is 5.75 Å². The number of phenols is 1. The zero-order valence-corrected chi connectivity index (χ0v) is 14.4. The molecule has 0 fully saturated rings. The molecule has 0 aliphatic carbocycles. The van der Waals surface area contributed by atoms with Gasteiger partial charge in [-0.05, 0) is 67.0 Å². The quantitative estimate of drug-likeness (QED) is 0.792. The van der Waals surface area contributed by atoms with Crippen molar-refractivity contribution >= 4 is 0 Å². The summed E-state index contributed by atoms with van der Waals surface area (Å²) in [6.07, 6.45) is 1.49. The van der Waals surface area contributed by atoms with Gasteiger partial charge in [0, 0.05) is 5.56 Å². The fourth-order valence-electron chi connectivity index (χ4n) is 3.33. The third-order valence-corrected chi connectivity index (χ3v) is 4.63. The van der Waals surface area contributed by atoms with Gasteiger partial charge in [-0.1, -0.05) is 30.7 Å². The second-order valence-electron chi connectivity index (χ2n) is 6.21. The lowest BCUT2D eigenvalue weighted by Crippen LogP contribution is -2.05. The maximum atomic E-state index is 10.2. The minimum atomic E-state index is -0.154. The molecule has 0 unspecified atom stereocenters. The predicted molar refractivity (Wildman–Crippen MR) is 92.8 cm³/mol. The lowest BCUT2D eigenvalue weighted by atomic mass is 9.88. The van der Waals surface area contributed by atoms with Gasteiger partial charge in [0.15, 0.2) is 0 Å². The molecule has 0 aliphatic heterocycles. The van der Waals surface area contributed by atoms with Crippen LogP contribution in [0, 0.1) is 20.8 Å². The molecule has 0 spiro atoms. The van der Waals surface area contributed by atoms with Crippen LogP contribution in [-0.4, -0.2) is 15.3 Å². The van der Waals surface area contributed by atoms with Crippen LogP contribution in [0.3, 0.4) is 0 Å². The molecule has 0 radical (unpaired) electrons. The average molecular weight is 314 g/mol. The Morgan fingerprint density at radius 1 is 0.826 bits per heavy atom. The summed E-state index contributed by atoms with van der Waals surface area (Å²) in [7, 11) is 0. The highest BCUT2D eigenvalue weighted by atomic mass is 16.3. The van der Waals surface area contributed by atoms with Crippen molar-refractivity contribution in [2.75, 3.05) is 0 Å². The average Bonchev–Trinajstić information content (AvgIpc) is 2.53. The lowest BCUT2D eigenvalue weighted by Gasteiger charge is -2.18. The molecule has 0 bridgehead atoms. The topological polar surface area (TPSA) is 60.7 Å². The Morgan fingerprint density at radius 2 is 1.48 bits per heavy atom. The fourth-order valence-corrected chi connectivity index (χ4v) is 3.33. The predicted octanol–water partition coefficient (Wildman–Crippen LogP) is 3.46. The number of aliphatic hydroxyl groups excluding tert-OH is 2. The molecule has 0 aliphatic rings. The Kier molecular flexibility index (Phi) is 5.45. The largest absolute Gasteiger partial charge is 0.507 e. The summed E-state index contributed by atoms with van der Waals surface area (Å²) in [5.41, 5.74) is 7.94. The first kappa shape index (κ1) is 17.5. The Bertz CT molecular complexity index is 718. The Hall–Kier alpha value is -1.84. The van der Waals surface area contributed by atoms with E-state index in [1.165, 1.54) is 5.56 Å². The molecule has 2 aromatic carbocycles. The third-order valence-electron chi connectivity index (χ3n) is 4.63. The van der Waals surface area contributed by atoms with Crippen molar-refractivity contribution in [3.05, 3.63) is 62.7 Å². The first-order valence-electron chi connectivity index (χ1n) is 8.06. The van der Waals surface area contributed by atoms with Crippen LogP contribution in [0.15, 0.2) is 18.2 Å². The van der Waals surface area contributed by atoms with E-state index in [4.69, 9.17) is 0 Å². The molecule has 0 saturated heterocycles. The summed E-state index contributed by atoms with van der Waals surface area (Å²) >= 11 is 0. The lowest BCUT2D eigenvalue weighted by molar-refractivity contribution is 0.274. The monoisotopic (exact) mass is 314 g/mol. The molecule has 124 valence electrons. The minimum absolute atomic E-state index is 0.0393. The van der Waals surface area contributed by atoms with Crippen molar-refractivity contribution in [3.8, 4) is 5.75 Å². The summed E-state index contributed by atoms with van der Waals surface area (Å²) in [5.74, 6) is 0.199. The molecule has 0 amide bonds. The van der Waals surface area contributed by atoms with E-state index in [0.717, 1.165) is 46.2 Å². The van der Waals surface area contributed by atoms with Crippen LogP contribution in [0.1, 0.15) is 51.4 Å². The van der Waals surface area contributed by atoms with Crippen molar-refractivity contribution in [2.24, 2.45) is 0 Å². The summed E-state index contributed by atoms with van der Waals surface area (Å²) in [4.78, 5) is 0. The molecule has 0 aromatic heterocycles. The Balaban J connectivity index is 2.57. The molecule has 3 N–H and O–H groups in total. The smallest absolute Gasteiger partial charge is 0.124 e. The minimum Gasteiger partial charge on any atom is -0.507 e. The van der Waals surface area contributed by atoms with Gasteiger partial charge in [0.2, 0.25) is 0 Å². The van der Waals surface area contributed by atoms with E-state index < -0.39 is 0 Å². The van der Waals surface area contributed by atoms with Crippen molar-refractivity contribution in [1.82, 2.24) is 0 Å². The van der Waals surface area contributed by atoms with E-state index in [1.54, 1.807) is 0 Å². The molecular weight excluding hydrogens is 288 g/mol. The summed E-state index contributed by atoms with van der Waals surface area (Å²) in [6.45, 7) is 7.85. The highest BCUT2D eigenvalue weighted by molar-refractivity contribution is 5.51. The third kappa shape index (κ3) is 3.41. The van der Waals surface area contributed by atoms with Crippen LogP contribution < -0.4 is 0 Å². The molecular formula is C20H26O3. The maximum Gasteiger partial charge on any atom is 0.124 e. The number of hydrogen-bond acceptors (Lipinski definition) is 3. The van der Waals surface area contributed by atoms with Gasteiger partial charge in [-0.2, -0.15) is 0 Å². The van der Waals surface area contributed by atoms with Gasteiger partial charge in [0.1, 0.15) is 5.75 Å². The second kappa shape index (κ2) is 7.16. The number of aryl methyl sites for hydroxylation is 2. The van der Waals surface area contributed by atoms with Gasteiger partial charge >= 0.3 is 0 Å². The number of aliphatic hydroxyl groups is 2. The van der Waals surface area contributed by atoms with Gasteiger partial charge < -0.3 is 15.3 Å². The van der Waals surface area contributed by atoms with Crippen molar-refractivity contribution in [2.45, 2.75) is 53.8 Å². The molecule has 0 saturated carbocycles. The highest BCUT2D eigenvalue weighted by Crippen LogP contribution is 2.31. The first-order chi connectivity index (χ1) is 10.9. The van der Waals surface area contributed by atoms with Crippen LogP contribution in [-0.2, 0) is 26.1 Å². The van der Waals surface area contributed by atoms with Gasteiger partial charge in [-0.3, -0.25) is 0 Å². The highest BCUT2D eigenvalue weighted by Gasteiger charge is 2.15. The molecule has 23 heavy (non-hydrogen) atoms. The number of hydrogen-bond donors (Lipinski definition) is 3. The van der Waals surface area contributed by atoms with Gasteiger partial charge in [0.25, 0.3) is 0 Å². The molecule has 2 aromatic rings. The van der Waals surface area contributed by atoms with Crippen molar-refractivity contribution < 1.29 is 15.3 Å². The maximum absolute atomic E-state index is 10.2. The van der Waals surface area contributed by atoms with Crippen LogP contribution in [0.25, 0.3) is 0 Å². The zero-order valence-electron chi connectivity index (χ0n) is 14.4. The molecule has 2 rings (SSSR count). The fraction of sp³-hybridized carbons (Fsp3) is 0.400. The summed E-state index contributed by atoms with van der Waals surface area (Å²) in [5, 5.41) is 29.4. The normalized spacial score (nSPS) is 11.0. The van der Waals surface area contributed by atoms with E-state index in [9.17, 15) is 15.3 Å². The Morgan fingerprint density at radius 3 is 2.04 bits per heavy atom. The van der Waals surface area contributed by atoms with Crippen LogP contribution in [0.2, 0.25) is 0 Å². The molecule has 0 atom stereocenters. The number of rotatable bonds is 5. The molecule has 0 heterocycles. The van der Waals surface area contributed by atoms with E-state index in [1.807, 2.05) is 39.8 Å². The SMILES string of the molecule is CCc1c(Cc2cc(C)cc(CO)c2C)cc(C)c(O)c1CO.